The molecule has 1 fully saturated rings. The number of carboxylic acids is 2. The van der Waals surface area contributed by atoms with Crippen LogP contribution in [0.1, 0.15) is 155 Å². The summed E-state index contributed by atoms with van der Waals surface area (Å²) in [5.74, 6) is -5.08. The summed E-state index contributed by atoms with van der Waals surface area (Å²) in [5, 5.41) is 25.6. The molecule has 1 saturated heterocycles. The Balaban J connectivity index is 0.00000210. The first kappa shape index (κ1) is 65.4. The van der Waals surface area contributed by atoms with Crippen LogP contribution < -0.4 is 16.0 Å². The molecule has 0 spiro atoms. The van der Waals surface area contributed by atoms with Gasteiger partial charge in [0, 0.05) is 58.2 Å². The van der Waals surface area contributed by atoms with Gasteiger partial charge in [0.15, 0.2) is 5.78 Å². The highest BCUT2D eigenvalue weighted by atomic mass is 16.7. The third-order valence-electron chi connectivity index (χ3n) is 10.3. The van der Waals surface area contributed by atoms with E-state index in [-0.39, 0.29) is 135 Å². The fraction of sp³-hybridized carbons (Fsp3) is 0.812. The molecule has 0 unspecified atom stereocenters. The van der Waals surface area contributed by atoms with E-state index in [9.17, 15) is 43.2 Å². The second-order valence-electron chi connectivity index (χ2n) is 16.5. The first-order valence-electron chi connectivity index (χ1n) is 25.1. The molecule has 0 aromatic heterocycles. The number of hydrogen-bond donors (Lipinski definition) is 5. The van der Waals surface area contributed by atoms with Gasteiger partial charge in [0.05, 0.1) is 52.9 Å². The van der Waals surface area contributed by atoms with Gasteiger partial charge in [0.1, 0.15) is 25.9 Å². The number of carbonyl (C=O) groups excluding carboxylic acids is 7. The van der Waals surface area contributed by atoms with Crippen molar-refractivity contribution in [2.45, 2.75) is 161 Å². The lowest BCUT2D eigenvalue weighted by Gasteiger charge is -2.13. The van der Waals surface area contributed by atoms with E-state index in [1.54, 1.807) is 6.92 Å². The molecule has 0 aromatic rings. The summed E-state index contributed by atoms with van der Waals surface area (Å²) in [5.41, 5.74) is 0. The summed E-state index contributed by atoms with van der Waals surface area (Å²) in [7, 11) is 0. The highest BCUT2D eigenvalue weighted by molar-refractivity contribution is 6.01. The third kappa shape index (κ3) is 42.3. The van der Waals surface area contributed by atoms with Crippen molar-refractivity contribution in [1.29, 1.82) is 0 Å². The first-order chi connectivity index (χ1) is 33.8. The van der Waals surface area contributed by atoms with E-state index in [1.807, 2.05) is 0 Å². The van der Waals surface area contributed by atoms with Crippen LogP contribution in [0.5, 0.6) is 0 Å². The normalized spacial score (nSPS) is 12.5. The summed E-state index contributed by atoms with van der Waals surface area (Å²) in [4.78, 5) is 107. The van der Waals surface area contributed by atoms with Crippen LogP contribution in [0, 0.1) is 0 Å². The van der Waals surface area contributed by atoms with Gasteiger partial charge >= 0.3 is 17.9 Å². The first-order valence-corrected chi connectivity index (χ1v) is 25.1. The van der Waals surface area contributed by atoms with Gasteiger partial charge in [-0.2, -0.15) is 0 Å². The number of rotatable bonds is 47. The quantitative estimate of drug-likeness (QED) is 0.0425. The number of Topliss-reactive ketones (excluding diaryl/α,β-unsaturated/α-hetero) is 1. The molecule has 0 radical (unpaired) electrons. The predicted molar refractivity (Wildman–Crippen MR) is 254 cm³/mol. The Morgan fingerprint density at radius 2 is 0.986 bits per heavy atom. The molecule has 0 bridgehead atoms. The minimum atomic E-state index is -1.20. The lowest BCUT2D eigenvalue weighted by atomic mass is 10.0. The minimum absolute atomic E-state index is 0.00923. The summed E-state index contributed by atoms with van der Waals surface area (Å²) in [6.45, 7) is 5.42. The molecule has 70 heavy (non-hydrogen) atoms. The van der Waals surface area contributed by atoms with Crippen molar-refractivity contribution in [3.63, 3.8) is 0 Å². The number of amides is 5. The Morgan fingerprint density at radius 1 is 0.514 bits per heavy atom. The Labute approximate surface area is 413 Å². The van der Waals surface area contributed by atoms with Crippen molar-refractivity contribution in [2.75, 3.05) is 92.4 Å². The van der Waals surface area contributed by atoms with E-state index in [0.717, 1.165) is 12.8 Å². The summed E-state index contributed by atoms with van der Waals surface area (Å²) in [6, 6.07) is -1.13. The van der Waals surface area contributed by atoms with Gasteiger partial charge in [-0.3, -0.25) is 33.6 Å². The molecule has 1 heterocycles. The number of hydrogen-bond acceptors (Lipinski definition) is 16. The summed E-state index contributed by atoms with van der Waals surface area (Å²) >= 11 is 0. The summed E-state index contributed by atoms with van der Waals surface area (Å²) < 4.78 is 31.5. The van der Waals surface area contributed by atoms with Crippen molar-refractivity contribution in [1.82, 2.24) is 21.0 Å². The number of carbonyl (C=O) groups is 9. The molecular formula is C48H84N4O18. The van der Waals surface area contributed by atoms with Crippen LogP contribution in [0.4, 0.5) is 0 Å². The van der Waals surface area contributed by atoms with E-state index in [0.29, 0.717) is 24.5 Å². The maximum Gasteiger partial charge on any atom is 0.358 e. The molecule has 5 amide bonds. The van der Waals surface area contributed by atoms with Crippen LogP contribution in [-0.2, 0) is 76.4 Å². The number of ether oxygens (including phenoxy) is 6. The van der Waals surface area contributed by atoms with Crippen molar-refractivity contribution in [3.05, 3.63) is 0 Å². The molecule has 22 nitrogen and oxygen atoms in total. The highest BCUT2D eigenvalue weighted by Gasteiger charge is 2.32. The van der Waals surface area contributed by atoms with Gasteiger partial charge in [-0.15, -0.1) is 5.06 Å². The zero-order valence-electron chi connectivity index (χ0n) is 41.9. The number of imide groups is 1. The fourth-order valence-corrected chi connectivity index (χ4v) is 6.36. The Kier molecular flexibility index (Phi) is 43.7. The van der Waals surface area contributed by atoms with Gasteiger partial charge < -0.3 is 59.4 Å². The van der Waals surface area contributed by atoms with E-state index in [2.05, 4.69) is 27.7 Å². The number of ketones is 1. The predicted octanol–water partition coefficient (Wildman–Crippen LogP) is 3.98. The minimum Gasteiger partial charge on any atom is -0.481 e. The van der Waals surface area contributed by atoms with Crippen LogP contribution in [0.25, 0.3) is 0 Å². The smallest absolute Gasteiger partial charge is 0.358 e. The molecule has 0 aliphatic carbocycles. The zero-order chi connectivity index (χ0) is 51.9. The Hall–Kier alpha value is -4.61. The van der Waals surface area contributed by atoms with Crippen molar-refractivity contribution < 1.29 is 86.6 Å². The number of nitrogens with zero attached hydrogens (tertiary/aromatic N) is 1. The van der Waals surface area contributed by atoms with E-state index < -0.39 is 48.3 Å². The molecule has 5 N–H and O–H groups in total. The Bertz CT molecular complexity index is 1450. The van der Waals surface area contributed by atoms with Gasteiger partial charge in [-0.1, -0.05) is 97.3 Å². The molecular weight excluding hydrogens is 921 g/mol. The van der Waals surface area contributed by atoms with E-state index in [4.69, 9.17) is 38.6 Å². The number of nitrogens with one attached hydrogen (secondary N) is 3. The maximum absolute atomic E-state index is 11.9. The lowest BCUT2D eigenvalue weighted by molar-refractivity contribution is -0.200. The fourth-order valence-electron chi connectivity index (χ4n) is 6.36. The third-order valence-corrected chi connectivity index (χ3v) is 10.3. The molecule has 0 aromatic carbocycles. The van der Waals surface area contributed by atoms with Gasteiger partial charge in [0.2, 0.25) is 17.7 Å². The maximum atomic E-state index is 11.9. The SMILES string of the molecule is CCC(=O)N[C@@H](CCC(=O)NCCOCCOCC(=O)NCCOCCOCC(=O)CCCOCCOCC(=O)ON1C(=O)CCC1=O)C(=O)O.CCCCCCCCCCCCCCCCC(=O)O. The number of unbranched alkanes of at least 4 members (excludes halogenated alkanes) is 13. The standard InChI is InChI=1S/C31H50N4O16.C17H34O2/c1-2-25(37)34-24(31(43)44)5-6-26(38)32-9-12-46-16-18-49-21-27(39)33-10-13-47-15-17-48-20-23(36)4-3-11-45-14-19-50-22-30(42)51-35-28(40)7-8-29(35)41;1-2-3-4-5-6-7-8-9-10-11-12-13-14-15-16-17(18)19/h24H,2-22H2,1H3,(H,32,38)(H,33,39)(H,34,37)(H,43,44);2-16H2,1H3,(H,18,19)/t24-;/m0./s1. The molecule has 0 saturated carbocycles. The number of aliphatic carboxylic acids is 2. The van der Waals surface area contributed by atoms with Crippen LogP contribution >= 0.6 is 0 Å². The number of carboxylic acid groups (broad SMARTS) is 2. The van der Waals surface area contributed by atoms with Crippen LogP contribution in [0.3, 0.4) is 0 Å². The lowest BCUT2D eigenvalue weighted by Crippen LogP contribution is -2.41. The second kappa shape index (κ2) is 46.8. The van der Waals surface area contributed by atoms with Crippen molar-refractivity contribution in [2.24, 2.45) is 0 Å². The Morgan fingerprint density at radius 3 is 1.50 bits per heavy atom. The molecule has 22 heteroatoms. The second-order valence-corrected chi connectivity index (χ2v) is 16.5. The highest BCUT2D eigenvalue weighted by Crippen LogP contribution is 2.14. The van der Waals surface area contributed by atoms with Crippen LogP contribution in [-0.4, -0.2) is 167 Å². The molecule has 1 rings (SSSR count). The number of hydroxylamine groups is 2. The van der Waals surface area contributed by atoms with Gasteiger partial charge in [-0.05, 0) is 19.3 Å². The van der Waals surface area contributed by atoms with Crippen molar-refractivity contribution >= 4 is 53.2 Å². The van der Waals surface area contributed by atoms with Crippen LogP contribution in [0.15, 0.2) is 0 Å². The topological polar surface area (TPSA) is 298 Å². The summed E-state index contributed by atoms with van der Waals surface area (Å²) in [6.07, 6.45) is 19.5. The average molecular weight is 1010 g/mol. The van der Waals surface area contributed by atoms with Crippen molar-refractivity contribution in [3.8, 4) is 0 Å². The average Bonchev–Trinajstić information content (AvgIpc) is 3.64. The molecule has 1 aliphatic rings. The monoisotopic (exact) mass is 1000 g/mol. The molecule has 404 valence electrons. The zero-order valence-corrected chi connectivity index (χ0v) is 41.9. The van der Waals surface area contributed by atoms with E-state index >= 15 is 0 Å². The van der Waals surface area contributed by atoms with Gasteiger partial charge in [0.25, 0.3) is 11.8 Å². The van der Waals surface area contributed by atoms with E-state index in [1.165, 1.54) is 77.0 Å². The largest absolute Gasteiger partial charge is 0.481 e. The molecule has 1 atom stereocenters. The van der Waals surface area contributed by atoms with Crippen LogP contribution in [0.2, 0.25) is 0 Å². The molecule has 1 aliphatic heterocycles. The van der Waals surface area contributed by atoms with Gasteiger partial charge in [-0.25, -0.2) is 9.59 Å².